The van der Waals surface area contributed by atoms with Gasteiger partial charge in [-0.2, -0.15) is 5.26 Å². The van der Waals surface area contributed by atoms with Gasteiger partial charge in [-0.25, -0.2) is 0 Å². The summed E-state index contributed by atoms with van der Waals surface area (Å²) in [5, 5.41) is 43.6. The van der Waals surface area contributed by atoms with Crippen LogP contribution in [-0.2, 0) is 4.79 Å². The predicted molar refractivity (Wildman–Crippen MR) is 94.8 cm³/mol. The number of nitrogens with zero attached hydrogens (tertiary/aromatic N) is 3. The van der Waals surface area contributed by atoms with Crippen molar-refractivity contribution >= 4 is 29.0 Å². The molecule has 136 valence electrons. The third-order valence-electron chi connectivity index (χ3n) is 3.57. The fraction of sp³-hybridized carbons (Fsp3) is 0.0588. The van der Waals surface area contributed by atoms with Crippen molar-refractivity contribution in [3.8, 4) is 11.8 Å². The second-order valence-electron chi connectivity index (χ2n) is 5.36. The monoisotopic (exact) mass is 368 g/mol. The Morgan fingerprint density at radius 1 is 1.22 bits per heavy atom. The summed E-state index contributed by atoms with van der Waals surface area (Å²) in [7, 11) is 0. The van der Waals surface area contributed by atoms with Gasteiger partial charge < -0.3 is 10.4 Å². The largest absolute Gasteiger partial charge is 0.502 e. The molecule has 0 fully saturated rings. The average Bonchev–Trinajstić information content (AvgIpc) is 2.62. The molecule has 0 aliphatic rings. The number of non-ortho nitro benzene ring substituents is 1. The van der Waals surface area contributed by atoms with E-state index in [2.05, 4.69) is 5.32 Å². The van der Waals surface area contributed by atoms with Crippen molar-refractivity contribution in [2.24, 2.45) is 0 Å². The molecule has 2 rings (SSSR count). The molecule has 2 N–H and O–H groups in total. The Bertz CT molecular complexity index is 1020. The van der Waals surface area contributed by atoms with Gasteiger partial charge in [0.25, 0.3) is 11.6 Å². The van der Waals surface area contributed by atoms with E-state index in [1.165, 1.54) is 0 Å². The van der Waals surface area contributed by atoms with Crippen molar-refractivity contribution in [2.75, 3.05) is 5.32 Å². The van der Waals surface area contributed by atoms with Gasteiger partial charge in [0.05, 0.1) is 15.9 Å². The van der Waals surface area contributed by atoms with Crippen LogP contribution in [-0.4, -0.2) is 20.9 Å². The van der Waals surface area contributed by atoms with Gasteiger partial charge >= 0.3 is 5.69 Å². The Kier molecular flexibility index (Phi) is 5.47. The number of aromatic hydroxyl groups is 1. The second-order valence-corrected chi connectivity index (χ2v) is 5.36. The van der Waals surface area contributed by atoms with Gasteiger partial charge in [0, 0.05) is 17.3 Å². The Morgan fingerprint density at radius 2 is 1.89 bits per heavy atom. The summed E-state index contributed by atoms with van der Waals surface area (Å²) in [5.41, 5.74) is -1.29. The molecule has 0 atom stereocenters. The summed E-state index contributed by atoms with van der Waals surface area (Å²) in [5.74, 6) is -1.72. The number of rotatable bonds is 5. The molecular formula is C17H12N4O6. The quantitative estimate of drug-likeness (QED) is 0.355. The average molecular weight is 368 g/mol. The maximum atomic E-state index is 12.3. The standard InChI is InChI=1S/C17H12N4O6/c1-10-4-2-3-5-14(10)19-17(23)12(9-18)6-11-7-13(20(24)25)8-15(16(11)22)21(26)27/h2-8,22H,1H3,(H,19,23)/b12-6-. The van der Waals surface area contributed by atoms with Crippen LogP contribution in [0.25, 0.3) is 6.08 Å². The summed E-state index contributed by atoms with van der Waals surface area (Å²) >= 11 is 0. The minimum absolute atomic E-state index is 0.396. The molecular weight excluding hydrogens is 356 g/mol. The predicted octanol–water partition coefficient (Wildman–Crippen LogP) is 3.06. The van der Waals surface area contributed by atoms with Crippen LogP contribution in [0.3, 0.4) is 0 Å². The van der Waals surface area contributed by atoms with E-state index in [9.17, 15) is 35.4 Å². The van der Waals surface area contributed by atoms with Gasteiger partial charge in [-0.1, -0.05) is 18.2 Å². The molecule has 0 radical (unpaired) electrons. The third-order valence-corrected chi connectivity index (χ3v) is 3.57. The summed E-state index contributed by atoms with van der Waals surface area (Å²) in [6.45, 7) is 1.74. The molecule has 0 saturated heterocycles. The topological polar surface area (TPSA) is 159 Å². The highest BCUT2D eigenvalue weighted by Gasteiger charge is 2.24. The van der Waals surface area contributed by atoms with Crippen LogP contribution in [0.1, 0.15) is 11.1 Å². The Labute approximate surface area is 152 Å². The number of aryl methyl sites for hydroxylation is 1. The highest BCUT2D eigenvalue weighted by Crippen LogP contribution is 2.35. The summed E-state index contributed by atoms with van der Waals surface area (Å²) < 4.78 is 0. The smallest absolute Gasteiger partial charge is 0.318 e. The van der Waals surface area contributed by atoms with E-state index < -0.39 is 44.0 Å². The maximum absolute atomic E-state index is 12.3. The molecule has 0 aliphatic carbocycles. The molecule has 27 heavy (non-hydrogen) atoms. The van der Waals surface area contributed by atoms with Crippen LogP contribution >= 0.6 is 0 Å². The first-order valence-corrected chi connectivity index (χ1v) is 7.39. The fourth-order valence-corrected chi connectivity index (χ4v) is 2.19. The van der Waals surface area contributed by atoms with Crippen molar-refractivity contribution in [1.29, 1.82) is 5.26 Å². The highest BCUT2D eigenvalue weighted by atomic mass is 16.6. The highest BCUT2D eigenvalue weighted by molar-refractivity contribution is 6.10. The van der Waals surface area contributed by atoms with Gasteiger partial charge in [0.2, 0.25) is 5.75 Å². The van der Waals surface area contributed by atoms with Gasteiger partial charge in [0.15, 0.2) is 0 Å². The van der Waals surface area contributed by atoms with Gasteiger partial charge in [-0.3, -0.25) is 25.0 Å². The zero-order valence-electron chi connectivity index (χ0n) is 13.9. The summed E-state index contributed by atoms with van der Waals surface area (Å²) in [4.78, 5) is 32.3. The third kappa shape index (κ3) is 4.23. The van der Waals surface area contributed by atoms with E-state index in [0.29, 0.717) is 11.8 Å². The number of para-hydroxylation sites is 1. The number of phenols is 1. The Hall–Kier alpha value is -4.26. The number of nitrogens with one attached hydrogen (secondary N) is 1. The van der Waals surface area contributed by atoms with Crippen LogP contribution < -0.4 is 5.32 Å². The number of carbonyl (C=O) groups is 1. The fourth-order valence-electron chi connectivity index (χ4n) is 2.19. The number of phenolic OH excluding ortho intramolecular Hbond substituents is 1. The summed E-state index contributed by atoms with van der Waals surface area (Å²) in [6, 6.07) is 9.81. The lowest BCUT2D eigenvalue weighted by Gasteiger charge is -2.07. The van der Waals surface area contributed by atoms with Crippen molar-refractivity contribution in [2.45, 2.75) is 6.92 Å². The van der Waals surface area contributed by atoms with Gasteiger partial charge in [-0.15, -0.1) is 0 Å². The van der Waals surface area contributed by atoms with Crippen molar-refractivity contribution in [3.63, 3.8) is 0 Å². The molecule has 0 bridgehead atoms. The molecule has 10 nitrogen and oxygen atoms in total. The molecule has 2 aromatic carbocycles. The van der Waals surface area contributed by atoms with Crippen molar-refractivity contribution in [3.05, 3.63) is 73.3 Å². The molecule has 10 heteroatoms. The Morgan fingerprint density at radius 3 is 2.44 bits per heavy atom. The van der Waals surface area contributed by atoms with Crippen molar-refractivity contribution in [1.82, 2.24) is 0 Å². The lowest BCUT2D eigenvalue weighted by atomic mass is 10.1. The molecule has 0 spiro atoms. The number of anilines is 1. The number of hydrogen-bond donors (Lipinski definition) is 2. The first-order chi connectivity index (χ1) is 12.7. The van der Waals surface area contributed by atoms with E-state index in [1.54, 1.807) is 37.3 Å². The number of nitro benzene ring substituents is 2. The number of nitriles is 1. The maximum Gasteiger partial charge on any atom is 0.318 e. The number of benzene rings is 2. The van der Waals surface area contributed by atoms with Gasteiger partial charge in [0.1, 0.15) is 11.6 Å². The molecule has 0 aliphatic heterocycles. The summed E-state index contributed by atoms with van der Waals surface area (Å²) in [6.07, 6.45) is 0.850. The molecule has 0 aromatic heterocycles. The van der Waals surface area contributed by atoms with Crippen LogP contribution in [0.15, 0.2) is 42.0 Å². The lowest BCUT2D eigenvalue weighted by molar-refractivity contribution is -0.394. The number of nitro groups is 2. The van der Waals surface area contributed by atoms with E-state index in [-0.39, 0.29) is 0 Å². The molecule has 2 aromatic rings. The number of hydrogen-bond acceptors (Lipinski definition) is 7. The SMILES string of the molecule is Cc1ccccc1NC(=O)/C(C#N)=C\c1cc([N+](=O)[O-])cc([N+](=O)[O-])c1O. The minimum atomic E-state index is -1.00. The first kappa shape index (κ1) is 19.1. The molecule has 0 saturated carbocycles. The van der Waals surface area contributed by atoms with Crippen molar-refractivity contribution < 1.29 is 19.7 Å². The molecule has 0 heterocycles. The van der Waals surface area contributed by atoms with Crippen LogP contribution in [0, 0.1) is 38.5 Å². The number of amides is 1. The van der Waals surface area contributed by atoms with Crippen LogP contribution in [0.2, 0.25) is 0 Å². The first-order valence-electron chi connectivity index (χ1n) is 7.39. The minimum Gasteiger partial charge on any atom is -0.502 e. The zero-order valence-corrected chi connectivity index (χ0v) is 13.9. The van der Waals surface area contributed by atoms with E-state index in [4.69, 9.17) is 0 Å². The zero-order chi connectivity index (χ0) is 20.1. The van der Waals surface area contributed by atoms with Crippen LogP contribution in [0.4, 0.5) is 17.1 Å². The van der Waals surface area contributed by atoms with Crippen LogP contribution in [0.5, 0.6) is 5.75 Å². The second kappa shape index (κ2) is 7.75. The molecule has 0 unspecified atom stereocenters. The normalized spacial score (nSPS) is 10.7. The van der Waals surface area contributed by atoms with Gasteiger partial charge in [-0.05, 0) is 24.6 Å². The molecule has 1 amide bonds. The van der Waals surface area contributed by atoms with E-state index in [0.717, 1.165) is 17.7 Å². The number of carbonyl (C=O) groups excluding carboxylic acids is 1. The lowest BCUT2D eigenvalue weighted by Crippen LogP contribution is -2.14. The Balaban J connectivity index is 2.49. The van der Waals surface area contributed by atoms with E-state index >= 15 is 0 Å². The van der Waals surface area contributed by atoms with E-state index in [1.807, 2.05) is 0 Å².